The van der Waals surface area contributed by atoms with Gasteiger partial charge in [-0.25, -0.2) is 8.42 Å². The minimum Gasteiger partial charge on any atom is -0.748 e. The fourth-order valence-electron chi connectivity index (χ4n) is 10.7. The fourth-order valence-corrected chi connectivity index (χ4v) is 12.0. The first kappa shape index (κ1) is 62.0. The summed E-state index contributed by atoms with van der Waals surface area (Å²) in [6, 6.07) is 42.9. The van der Waals surface area contributed by atoms with Crippen molar-refractivity contribution < 1.29 is 62.9 Å². The van der Waals surface area contributed by atoms with Gasteiger partial charge in [-0.3, -0.25) is 9.35 Å². The third kappa shape index (κ3) is 15.9. The lowest BCUT2D eigenvalue weighted by Gasteiger charge is -2.19. The van der Waals surface area contributed by atoms with Gasteiger partial charge in [-0.15, -0.1) is 0 Å². The summed E-state index contributed by atoms with van der Waals surface area (Å²) >= 11 is 6.48. The summed E-state index contributed by atoms with van der Waals surface area (Å²) < 4.78 is 104. The van der Waals surface area contributed by atoms with Crippen molar-refractivity contribution in [1.82, 2.24) is 5.32 Å². The van der Waals surface area contributed by atoms with Crippen LogP contribution in [-0.4, -0.2) is 70.4 Å². The van der Waals surface area contributed by atoms with Crippen LogP contribution in [-0.2, 0) is 48.6 Å². The maximum absolute atomic E-state index is 13.6. The highest BCUT2D eigenvalue weighted by atomic mass is 35.5. The maximum atomic E-state index is 13.6. The normalized spacial score (nSPS) is 14.6. The van der Waals surface area contributed by atoms with Crippen molar-refractivity contribution >= 4 is 83.5 Å². The number of nitrogens with one attached hydrogen (secondary N) is 1. The van der Waals surface area contributed by atoms with E-state index >= 15 is 0 Å². The molecule has 0 radical (unpaired) electrons. The van der Waals surface area contributed by atoms with Crippen LogP contribution in [0.2, 0.25) is 5.02 Å². The lowest BCUT2D eigenvalue weighted by Crippen LogP contribution is -2.42. The molecule has 87 heavy (non-hydrogen) atoms. The van der Waals surface area contributed by atoms with E-state index in [1.54, 1.807) is 23.1 Å². The van der Waals surface area contributed by atoms with E-state index < -0.39 is 31.7 Å². The number of rotatable bonds is 28. The van der Waals surface area contributed by atoms with Crippen LogP contribution in [0.5, 0.6) is 11.5 Å². The number of fused-ring (bicyclic) bond motifs is 4. The van der Waals surface area contributed by atoms with Crippen molar-refractivity contribution in [2.24, 2.45) is 0 Å². The zero-order valence-electron chi connectivity index (χ0n) is 49.0. The molecule has 6 aromatic carbocycles. The van der Waals surface area contributed by atoms with Crippen LogP contribution in [0, 0.1) is 0 Å². The highest BCUT2D eigenvalue weighted by molar-refractivity contribution is 7.85. The molecule has 2 aromatic heterocycles. The molecule has 1 amide bonds. The van der Waals surface area contributed by atoms with Crippen LogP contribution in [0.25, 0.3) is 56.6 Å². The first-order valence-electron chi connectivity index (χ1n) is 29.5. The number of carbonyl (C=O) groups is 1. The van der Waals surface area contributed by atoms with E-state index in [2.05, 4.69) is 65.0 Å². The zero-order chi connectivity index (χ0) is 61.1. The van der Waals surface area contributed by atoms with Gasteiger partial charge < -0.3 is 42.7 Å². The van der Waals surface area contributed by atoms with Gasteiger partial charge in [0.15, 0.2) is 24.6 Å². The van der Waals surface area contributed by atoms with Gasteiger partial charge in [0.1, 0.15) is 12.4 Å². The Morgan fingerprint density at radius 2 is 1.18 bits per heavy atom. The summed E-state index contributed by atoms with van der Waals surface area (Å²) in [6.45, 7) is 8.83. The van der Waals surface area contributed by atoms with Gasteiger partial charge in [0.2, 0.25) is 28.8 Å². The van der Waals surface area contributed by atoms with Crippen molar-refractivity contribution in [3.63, 3.8) is 0 Å². The Balaban J connectivity index is 0.849. The van der Waals surface area contributed by atoms with Gasteiger partial charge in [-0.05, 0) is 114 Å². The fraction of sp³-hybridized carbons (Fsp3) is 0.299. The van der Waals surface area contributed by atoms with E-state index in [9.17, 15) is 30.7 Å². The first-order chi connectivity index (χ1) is 42.0. The zero-order valence-corrected chi connectivity index (χ0v) is 51.3. The molecule has 10 rings (SSSR count). The molecule has 2 N–H and O–H groups in total. The van der Waals surface area contributed by atoms with E-state index in [1.807, 2.05) is 115 Å². The predicted molar refractivity (Wildman–Crippen MR) is 337 cm³/mol. The largest absolute Gasteiger partial charge is 0.748 e. The highest BCUT2D eigenvalue weighted by Crippen LogP contribution is 2.43. The molecule has 0 fully saturated rings. The Labute approximate surface area is 512 Å². The molecule has 2 aliphatic rings. The number of amides is 1. The van der Waals surface area contributed by atoms with Crippen molar-refractivity contribution in [1.29, 1.82) is 0 Å². The topological polar surface area (TPSA) is 209 Å². The Hall–Kier alpha value is -8.04. The molecule has 17 nitrogen and oxygen atoms in total. The number of hydrogen-bond acceptors (Lipinski definition) is 13. The van der Waals surface area contributed by atoms with Crippen molar-refractivity contribution in [2.45, 2.75) is 91.0 Å². The molecule has 0 atom stereocenters. The second-order valence-electron chi connectivity index (χ2n) is 21.4. The molecule has 4 heterocycles. The number of allylic oxidation sites excluding steroid dienone is 4. The number of unbranched alkanes of at least 4 members (excludes halogenated alkanes) is 3. The Bertz CT molecular complexity index is 4140. The predicted octanol–water partition coefficient (Wildman–Crippen LogP) is 12.9. The SMILES string of the molecule is CCCCCN1/C(=C\C(=C/c2oc3ccc(-c4ccccc4)cc3[n+]2CCNC(=O)CCOCC[n+]2c(/C=C(/C=C3\Oc4ccc(CS(=O)(=O)O)cc4N3CCCCS(=O)(=O)[O-])CC)oc3ccc(-c4ccccc4)cc32)CC)Oc2ccc(Cl)cc21. The third-order valence-corrected chi connectivity index (χ3v) is 16.9. The number of nitrogens with zero attached hydrogens (tertiary/aromatic N) is 4. The number of hydrogen-bond donors (Lipinski definition) is 2. The lowest BCUT2D eigenvalue weighted by atomic mass is 10.1. The van der Waals surface area contributed by atoms with Gasteiger partial charge in [0.05, 0.1) is 46.8 Å². The Morgan fingerprint density at radius 1 is 0.644 bits per heavy atom. The monoisotopic (exact) mass is 1240 g/mol. The lowest BCUT2D eigenvalue weighted by molar-refractivity contribution is -0.679. The molecule has 0 spiro atoms. The Kier molecular flexibility index (Phi) is 20.1. The smallest absolute Gasteiger partial charge is 0.374 e. The standard InChI is InChI=1S/C67H70ClN5O12S2/c1-4-7-14-31-71-58-45-54(68)24-28-62(58)85-65(71)40-47(5-2)41-66-72(56-43-52(22-26-60(56)83-66)50-17-10-8-11-18-50)33-30-69-63(74)29-35-81-36-34-73-57-44-53(51-19-12-9-13-20-51)23-27-61(57)84-67(73)42-48(6-3)39-64-70(32-15-16-37-86(75,76)77)55-38-49(46-87(78,79)80)21-25-59(55)82-64/h8-13,17-28,38-45H,4-7,14-16,29-37,46H2,1-3H3,(H-2,69,74,75,76,77,78,79,80)/p+1. The quantitative estimate of drug-likeness (QED) is 0.0266. The van der Waals surface area contributed by atoms with Crippen LogP contribution in [0.3, 0.4) is 0 Å². The van der Waals surface area contributed by atoms with Gasteiger partial charge in [0.25, 0.3) is 21.2 Å². The average Bonchev–Trinajstić information content (AvgIpc) is 2.38. The molecule has 0 unspecified atom stereocenters. The first-order valence-corrected chi connectivity index (χ1v) is 33.0. The summed E-state index contributed by atoms with van der Waals surface area (Å²) in [6.07, 6.45) is 12.8. The number of carbonyl (C=O) groups excluding carboxylic acids is 1. The number of halogens is 1. The van der Waals surface area contributed by atoms with E-state index in [4.69, 9.17) is 34.6 Å². The van der Waals surface area contributed by atoms with Crippen molar-refractivity contribution in [3.05, 3.63) is 191 Å². The van der Waals surface area contributed by atoms with Crippen molar-refractivity contribution in [2.75, 3.05) is 48.4 Å². The molecular formula is C67H71ClN5O12S2+. The molecular weight excluding hydrogens is 1170 g/mol. The summed E-state index contributed by atoms with van der Waals surface area (Å²) in [5.74, 6) is 2.16. The van der Waals surface area contributed by atoms with Gasteiger partial charge in [-0.2, -0.15) is 17.6 Å². The van der Waals surface area contributed by atoms with Crippen molar-refractivity contribution in [3.8, 4) is 33.8 Å². The molecule has 8 aromatic rings. The molecule has 454 valence electrons. The van der Waals surface area contributed by atoms with Gasteiger partial charge >= 0.3 is 11.8 Å². The number of benzene rings is 6. The van der Waals surface area contributed by atoms with E-state index in [0.29, 0.717) is 89.8 Å². The number of ether oxygens (including phenoxy) is 3. The van der Waals surface area contributed by atoms with Gasteiger partial charge in [-0.1, -0.05) is 124 Å². The number of aromatic nitrogens is 2. The summed E-state index contributed by atoms with van der Waals surface area (Å²) in [5, 5.41) is 3.77. The molecule has 0 aliphatic carbocycles. The molecule has 0 bridgehead atoms. The second kappa shape index (κ2) is 28.2. The summed E-state index contributed by atoms with van der Waals surface area (Å²) in [4.78, 5) is 17.6. The minimum absolute atomic E-state index is 0.101. The van der Waals surface area contributed by atoms with E-state index in [-0.39, 0.29) is 38.5 Å². The molecule has 0 saturated carbocycles. The van der Waals surface area contributed by atoms with Crippen LogP contribution in [0.15, 0.2) is 177 Å². The molecule has 20 heteroatoms. The Morgan fingerprint density at radius 3 is 1.72 bits per heavy atom. The second-order valence-corrected chi connectivity index (χ2v) is 24.8. The minimum atomic E-state index is -4.44. The van der Waals surface area contributed by atoms with Crippen LogP contribution in [0.4, 0.5) is 11.4 Å². The highest BCUT2D eigenvalue weighted by Gasteiger charge is 2.31. The van der Waals surface area contributed by atoms with Crippen LogP contribution < -0.4 is 33.7 Å². The van der Waals surface area contributed by atoms with E-state index in [1.165, 1.54) is 0 Å². The number of anilines is 2. The third-order valence-electron chi connectivity index (χ3n) is 15.2. The van der Waals surface area contributed by atoms with Gasteiger partial charge in [0, 0.05) is 54.6 Å². The number of oxazole rings is 2. The summed E-state index contributed by atoms with van der Waals surface area (Å²) in [5.41, 5.74) is 10.8. The van der Waals surface area contributed by atoms with Crippen LogP contribution in [0.1, 0.15) is 89.5 Å². The van der Waals surface area contributed by atoms with E-state index in [0.717, 1.165) is 87.6 Å². The molecule has 0 saturated heterocycles. The maximum Gasteiger partial charge on any atom is 0.374 e. The summed E-state index contributed by atoms with van der Waals surface area (Å²) in [7, 11) is -8.78. The average molecular weight is 1240 g/mol. The molecule has 2 aliphatic heterocycles. The van der Waals surface area contributed by atoms with Crippen LogP contribution >= 0.6 is 11.6 Å².